The van der Waals surface area contributed by atoms with Gasteiger partial charge in [0.25, 0.3) is 0 Å². The quantitative estimate of drug-likeness (QED) is 0.636. The van der Waals surface area contributed by atoms with E-state index in [9.17, 15) is 0 Å². The molecule has 5 heteroatoms. The van der Waals surface area contributed by atoms with Gasteiger partial charge in [0.05, 0.1) is 0 Å². The Kier molecular flexibility index (Phi) is 4.22. The van der Waals surface area contributed by atoms with E-state index in [0.29, 0.717) is 0 Å². The van der Waals surface area contributed by atoms with E-state index in [2.05, 4.69) is 38.8 Å². The van der Waals surface area contributed by atoms with E-state index >= 15 is 0 Å². The Hall–Kier alpha value is -1.07. The van der Waals surface area contributed by atoms with Crippen molar-refractivity contribution in [2.24, 2.45) is 11.7 Å². The van der Waals surface area contributed by atoms with Crippen molar-refractivity contribution in [3.63, 3.8) is 0 Å². The Balaban J connectivity index is 1.85. The average molecular weight is 351 g/mol. The minimum absolute atomic E-state index is 0.153. The van der Waals surface area contributed by atoms with Crippen molar-refractivity contribution in [3.05, 3.63) is 28.2 Å². The molecule has 0 radical (unpaired) electrons. The number of piperidine rings is 2. The van der Waals surface area contributed by atoms with Gasteiger partial charge >= 0.3 is 0 Å². The number of fused-ring (bicyclic) bond motifs is 1. The molecule has 4 nitrogen and oxygen atoms in total. The van der Waals surface area contributed by atoms with Gasteiger partial charge in [0.2, 0.25) is 0 Å². The summed E-state index contributed by atoms with van der Waals surface area (Å²) in [5.74, 6) is 0.886. The van der Waals surface area contributed by atoms with Crippen LogP contribution in [0.3, 0.4) is 0 Å². The number of rotatable bonds is 2. The van der Waals surface area contributed by atoms with Crippen LogP contribution in [0.25, 0.3) is 0 Å². The van der Waals surface area contributed by atoms with Crippen molar-refractivity contribution < 1.29 is 0 Å². The van der Waals surface area contributed by atoms with Gasteiger partial charge in [-0.05, 0) is 57.0 Å². The third-order valence-electron chi connectivity index (χ3n) is 4.94. The lowest BCUT2D eigenvalue weighted by molar-refractivity contribution is 0.102. The van der Waals surface area contributed by atoms with Gasteiger partial charge in [-0.15, -0.1) is 0 Å². The second kappa shape index (κ2) is 5.97. The summed E-state index contributed by atoms with van der Waals surface area (Å²) in [6.07, 6.45) is 3.81. The zero-order valence-corrected chi connectivity index (χ0v) is 14.1. The fourth-order valence-electron chi connectivity index (χ4n) is 3.87. The first kappa shape index (κ1) is 14.9. The molecule has 1 aromatic carbocycles. The fraction of sp³-hybridized carbons (Fsp3) is 0.562. The van der Waals surface area contributed by atoms with Crippen molar-refractivity contribution in [1.29, 1.82) is 5.41 Å². The summed E-state index contributed by atoms with van der Waals surface area (Å²) in [5, 5.41) is 7.81. The highest BCUT2D eigenvalue weighted by molar-refractivity contribution is 9.10. The number of hydrogen-bond acceptors (Lipinski definition) is 3. The molecule has 2 unspecified atom stereocenters. The normalized spacial score (nSPS) is 26.5. The summed E-state index contributed by atoms with van der Waals surface area (Å²) in [6.45, 7) is 3.35. The molecule has 114 valence electrons. The van der Waals surface area contributed by atoms with Gasteiger partial charge in [-0.3, -0.25) is 5.41 Å². The molecule has 2 aliphatic rings. The molecule has 1 aromatic rings. The molecule has 0 saturated carbocycles. The van der Waals surface area contributed by atoms with Crippen molar-refractivity contribution in [2.45, 2.75) is 25.3 Å². The monoisotopic (exact) mass is 350 g/mol. The average Bonchev–Trinajstić information content (AvgIpc) is 2.46. The predicted molar refractivity (Wildman–Crippen MR) is 91.1 cm³/mol. The molecule has 3 rings (SSSR count). The number of halogens is 1. The summed E-state index contributed by atoms with van der Waals surface area (Å²) in [7, 11) is 2.26. The first-order valence-electron chi connectivity index (χ1n) is 7.65. The third kappa shape index (κ3) is 2.94. The van der Waals surface area contributed by atoms with Crippen LogP contribution in [-0.2, 0) is 0 Å². The van der Waals surface area contributed by atoms with E-state index in [1.165, 1.54) is 25.8 Å². The van der Waals surface area contributed by atoms with Crippen LogP contribution in [0, 0.1) is 11.3 Å². The second-order valence-corrected chi connectivity index (χ2v) is 7.18. The van der Waals surface area contributed by atoms with E-state index < -0.39 is 0 Å². The Morgan fingerprint density at radius 2 is 2.14 bits per heavy atom. The maximum atomic E-state index is 7.81. The van der Waals surface area contributed by atoms with E-state index in [1.54, 1.807) is 0 Å². The lowest BCUT2D eigenvalue weighted by atomic mass is 9.84. The van der Waals surface area contributed by atoms with E-state index in [-0.39, 0.29) is 5.84 Å². The van der Waals surface area contributed by atoms with Gasteiger partial charge < -0.3 is 15.5 Å². The Bertz CT molecular complexity index is 545. The number of nitrogens with two attached hydrogens (primary N) is 1. The summed E-state index contributed by atoms with van der Waals surface area (Å²) < 4.78 is 1.05. The largest absolute Gasteiger partial charge is 0.384 e. The van der Waals surface area contributed by atoms with Crippen LogP contribution >= 0.6 is 15.9 Å². The number of nitrogens with one attached hydrogen (secondary N) is 1. The van der Waals surface area contributed by atoms with E-state index in [4.69, 9.17) is 11.1 Å². The molecule has 0 spiro atoms. The lowest BCUT2D eigenvalue weighted by Gasteiger charge is -2.47. The minimum Gasteiger partial charge on any atom is -0.384 e. The highest BCUT2D eigenvalue weighted by Gasteiger charge is 2.34. The van der Waals surface area contributed by atoms with Crippen LogP contribution in [0.1, 0.15) is 24.8 Å². The molecule has 3 N–H and O–H groups in total. The zero-order chi connectivity index (χ0) is 15.0. The maximum absolute atomic E-state index is 7.81. The Labute approximate surface area is 134 Å². The number of nitrogen functional groups attached to an aromatic ring is 1. The van der Waals surface area contributed by atoms with E-state index in [1.807, 2.05) is 12.1 Å². The number of benzene rings is 1. The maximum Gasteiger partial charge on any atom is 0.124 e. The summed E-state index contributed by atoms with van der Waals surface area (Å²) in [4.78, 5) is 4.94. The topological polar surface area (TPSA) is 56.4 Å². The number of amidine groups is 1. The first-order valence-corrected chi connectivity index (χ1v) is 8.44. The number of anilines is 1. The van der Waals surface area contributed by atoms with Crippen LogP contribution < -0.4 is 10.6 Å². The Morgan fingerprint density at radius 1 is 1.33 bits per heavy atom. The van der Waals surface area contributed by atoms with Gasteiger partial charge in [-0.2, -0.15) is 0 Å². The summed E-state index contributed by atoms with van der Waals surface area (Å²) >= 11 is 3.54. The SMILES string of the molecule is CN1CCCC2CN(c3cc(Br)ccc3C(=N)N)CCC21. The van der Waals surface area contributed by atoms with Gasteiger partial charge in [0.15, 0.2) is 0 Å². The fourth-order valence-corrected chi connectivity index (χ4v) is 4.21. The second-order valence-electron chi connectivity index (χ2n) is 6.26. The number of nitrogens with zero attached hydrogens (tertiary/aromatic N) is 2. The van der Waals surface area contributed by atoms with Crippen molar-refractivity contribution in [3.8, 4) is 0 Å². The molecule has 2 aliphatic heterocycles. The zero-order valence-electron chi connectivity index (χ0n) is 12.5. The minimum atomic E-state index is 0.153. The van der Waals surface area contributed by atoms with Gasteiger partial charge in [0, 0.05) is 34.9 Å². The number of likely N-dealkylation sites (tertiary alicyclic amines) is 1. The summed E-state index contributed by atoms with van der Waals surface area (Å²) in [5.41, 5.74) is 7.71. The van der Waals surface area contributed by atoms with Crippen LogP contribution in [0.2, 0.25) is 0 Å². The standard InChI is InChI=1S/C16H23BrN4/c1-20-7-2-3-11-10-21(8-6-14(11)20)15-9-12(17)4-5-13(15)16(18)19/h4-5,9,11,14H,2-3,6-8,10H2,1H3,(H3,18,19). The Morgan fingerprint density at radius 3 is 2.90 bits per heavy atom. The first-order chi connectivity index (χ1) is 10.1. The molecular weight excluding hydrogens is 328 g/mol. The molecule has 0 aliphatic carbocycles. The van der Waals surface area contributed by atoms with Crippen molar-refractivity contribution >= 4 is 27.5 Å². The summed E-state index contributed by atoms with van der Waals surface area (Å²) in [6, 6.07) is 6.73. The molecule has 2 heterocycles. The van der Waals surface area contributed by atoms with Crippen LogP contribution in [-0.4, -0.2) is 43.5 Å². The molecule has 0 amide bonds. The predicted octanol–water partition coefficient (Wildman–Crippen LogP) is 2.65. The van der Waals surface area contributed by atoms with Crippen LogP contribution in [0.4, 0.5) is 5.69 Å². The van der Waals surface area contributed by atoms with Crippen molar-refractivity contribution in [1.82, 2.24) is 4.90 Å². The molecular formula is C16H23BrN4. The highest BCUT2D eigenvalue weighted by Crippen LogP contribution is 2.34. The molecule has 0 aromatic heterocycles. The molecule has 21 heavy (non-hydrogen) atoms. The van der Waals surface area contributed by atoms with E-state index in [0.717, 1.165) is 40.8 Å². The molecule has 0 bridgehead atoms. The third-order valence-corrected chi connectivity index (χ3v) is 5.43. The smallest absolute Gasteiger partial charge is 0.124 e. The highest BCUT2D eigenvalue weighted by atomic mass is 79.9. The van der Waals surface area contributed by atoms with Gasteiger partial charge in [-0.25, -0.2) is 0 Å². The number of hydrogen-bond donors (Lipinski definition) is 2. The van der Waals surface area contributed by atoms with Gasteiger partial charge in [0.1, 0.15) is 5.84 Å². The molecule has 2 saturated heterocycles. The molecule has 2 fully saturated rings. The van der Waals surface area contributed by atoms with Crippen LogP contribution in [0.5, 0.6) is 0 Å². The molecule has 2 atom stereocenters. The van der Waals surface area contributed by atoms with Crippen molar-refractivity contribution in [2.75, 3.05) is 31.6 Å². The lowest BCUT2D eigenvalue weighted by Crippen LogP contribution is -2.53. The van der Waals surface area contributed by atoms with Crippen LogP contribution in [0.15, 0.2) is 22.7 Å². The van der Waals surface area contributed by atoms with Gasteiger partial charge in [-0.1, -0.05) is 15.9 Å².